The van der Waals surface area contributed by atoms with Crippen LogP contribution in [0.15, 0.2) is 22.7 Å². The molecule has 1 saturated heterocycles. The van der Waals surface area contributed by atoms with E-state index in [0.29, 0.717) is 17.2 Å². The van der Waals surface area contributed by atoms with Gasteiger partial charge in [-0.3, -0.25) is 9.59 Å². The van der Waals surface area contributed by atoms with E-state index in [1.807, 2.05) is 11.0 Å². The third-order valence-electron chi connectivity index (χ3n) is 5.50. The van der Waals surface area contributed by atoms with Crippen LogP contribution >= 0.6 is 15.9 Å². The van der Waals surface area contributed by atoms with Gasteiger partial charge in [0, 0.05) is 29.5 Å². The van der Waals surface area contributed by atoms with Crippen molar-refractivity contribution >= 4 is 27.7 Å². The lowest BCUT2D eigenvalue weighted by Crippen LogP contribution is -2.48. The molecule has 3 rings (SSSR count). The van der Waals surface area contributed by atoms with Crippen LogP contribution in [0.5, 0.6) is 5.75 Å². The normalized spacial score (nSPS) is 19.2. The molecule has 26 heavy (non-hydrogen) atoms. The van der Waals surface area contributed by atoms with Crippen LogP contribution in [0.25, 0.3) is 0 Å². The molecule has 0 radical (unpaired) electrons. The number of nitrogens with zero attached hydrogens (tertiary/aromatic N) is 1. The third kappa shape index (κ3) is 4.58. The number of nitrogens with one attached hydrogen (secondary N) is 1. The van der Waals surface area contributed by atoms with Gasteiger partial charge in [-0.1, -0.05) is 35.2 Å². The topological polar surface area (TPSA) is 58.6 Å². The molecule has 142 valence electrons. The predicted molar refractivity (Wildman–Crippen MR) is 104 cm³/mol. The lowest BCUT2D eigenvalue weighted by molar-refractivity contribution is -0.137. The fourth-order valence-electron chi connectivity index (χ4n) is 3.97. The molecule has 2 fully saturated rings. The Labute approximate surface area is 163 Å². The van der Waals surface area contributed by atoms with Crippen molar-refractivity contribution in [1.82, 2.24) is 10.2 Å². The smallest absolute Gasteiger partial charge is 0.255 e. The van der Waals surface area contributed by atoms with E-state index in [2.05, 4.69) is 21.2 Å². The van der Waals surface area contributed by atoms with Crippen LogP contribution in [0.2, 0.25) is 0 Å². The standard InChI is InChI=1S/C20H27BrN2O3/c1-26-18-13-15(21)7-8-17(18)19(24)22-16-9-11-23(12-10-16)20(25)14-5-3-2-4-6-14/h7-8,13-14,16H,2-6,9-12H2,1H3,(H,22,24). The van der Waals surface area contributed by atoms with E-state index in [1.54, 1.807) is 19.2 Å². The molecule has 6 heteroatoms. The summed E-state index contributed by atoms with van der Waals surface area (Å²) < 4.78 is 6.18. The van der Waals surface area contributed by atoms with Crippen molar-refractivity contribution in [2.45, 2.75) is 51.0 Å². The largest absolute Gasteiger partial charge is 0.496 e. The van der Waals surface area contributed by atoms with Gasteiger partial charge in [-0.05, 0) is 43.9 Å². The number of ether oxygens (including phenoxy) is 1. The lowest BCUT2D eigenvalue weighted by Gasteiger charge is -2.35. The highest BCUT2D eigenvalue weighted by atomic mass is 79.9. The Kier molecular flexibility index (Phi) is 6.57. The maximum Gasteiger partial charge on any atom is 0.255 e. The first-order valence-corrected chi connectivity index (χ1v) is 10.3. The van der Waals surface area contributed by atoms with Crippen LogP contribution in [-0.2, 0) is 4.79 Å². The van der Waals surface area contributed by atoms with Gasteiger partial charge in [0.15, 0.2) is 0 Å². The molecule has 5 nitrogen and oxygen atoms in total. The molecule has 0 aromatic heterocycles. The van der Waals surface area contributed by atoms with Crippen LogP contribution in [0.1, 0.15) is 55.3 Å². The summed E-state index contributed by atoms with van der Waals surface area (Å²) >= 11 is 3.39. The zero-order valence-electron chi connectivity index (χ0n) is 15.3. The van der Waals surface area contributed by atoms with Crippen LogP contribution in [0.4, 0.5) is 0 Å². The van der Waals surface area contributed by atoms with Crippen molar-refractivity contribution in [3.05, 3.63) is 28.2 Å². The van der Waals surface area contributed by atoms with E-state index >= 15 is 0 Å². The first kappa shape index (κ1) is 19.2. The van der Waals surface area contributed by atoms with Crippen molar-refractivity contribution in [2.24, 2.45) is 5.92 Å². The number of benzene rings is 1. The van der Waals surface area contributed by atoms with Gasteiger partial charge in [-0.15, -0.1) is 0 Å². The molecule has 2 aliphatic rings. The SMILES string of the molecule is COc1cc(Br)ccc1C(=O)NC1CCN(C(=O)C2CCCCC2)CC1. The summed E-state index contributed by atoms with van der Waals surface area (Å²) in [6.07, 6.45) is 7.32. The second kappa shape index (κ2) is 8.89. The average molecular weight is 423 g/mol. The van der Waals surface area contributed by atoms with Gasteiger partial charge in [-0.25, -0.2) is 0 Å². The summed E-state index contributed by atoms with van der Waals surface area (Å²) in [6.45, 7) is 1.47. The summed E-state index contributed by atoms with van der Waals surface area (Å²) in [5.74, 6) is 0.985. The highest BCUT2D eigenvalue weighted by molar-refractivity contribution is 9.10. The number of halogens is 1. The Hall–Kier alpha value is -1.56. The van der Waals surface area contributed by atoms with Crippen molar-refractivity contribution in [3.63, 3.8) is 0 Å². The van der Waals surface area contributed by atoms with E-state index in [9.17, 15) is 9.59 Å². The molecule has 0 atom stereocenters. The van der Waals surface area contributed by atoms with Gasteiger partial charge >= 0.3 is 0 Å². The molecule has 0 unspecified atom stereocenters. The lowest BCUT2D eigenvalue weighted by atomic mass is 9.87. The van der Waals surface area contributed by atoms with Gasteiger partial charge in [-0.2, -0.15) is 0 Å². The number of rotatable bonds is 4. The Bertz CT molecular complexity index is 650. The second-order valence-electron chi connectivity index (χ2n) is 7.25. The number of hydrogen-bond acceptors (Lipinski definition) is 3. The quantitative estimate of drug-likeness (QED) is 0.803. The second-order valence-corrected chi connectivity index (χ2v) is 8.17. The van der Waals surface area contributed by atoms with Gasteiger partial charge < -0.3 is 15.0 Å². The van der Waals surface area contributed by atoms with Gasteiger partial charge in [0.2, 0.25) is 5.91 Å². The summed E-state index contributed by atoms with van der Waals surface area (Å²) in [5.41, 5.74) is 0.538. The number of carbonyl (C=O) groups is 2. The highest BCUT2D eigenvalue weighted by Crippen LogP contribution is 2.27. The molecule has 0 spiro atoms. The Morgan fingerprint density at radius 3 is 2.46 bits per heavy atom. The maximum absolute atomic E-state index is 12.6. The van der Waals surface area contributed by atoms with Crippen LogP contribution in [0.3, 0.4) is 0 Å². The summed E-state index contributed by atoms with van der Waals surface area (Å²) in [5, 5.41) is 3.10. The van der Waals surface area contributed by atoms with Crippen LogP contribution < -0.4 is 10.1 Å². The zero-order valence-corrected chi connectivity index (χ0v) is 16.9. The fraction of sp³-hybridized carbons (Fsp3) is 0.600. The minimum absolute atomic E-state index is 0.103. The maximum atomic E-state index is 12.6. The first-order chi connectivity index (χ1) is 12.6. The number of carbonyl (C=O) groups excluding carboxylic acids is 2. The number of piperidine rings is 1. The minimum Gasteiger partial charge on any atom is -0.496 e. The molecular weight excluding hydrogens is 396 g/mol. The van der Waals surface area contributed by atoms with Crippen LogP contribution in [0, 0.1) is 5.92 Å². The van der Waals surface area contributed by atoms with Crippen LogP contribution in [-0.4, -0.2) is 43.0 Å². The molecule has 1 saturated carbocycles. The molecule has 1 aromatic rings. The van der Waals surface area contributed by atoms with E-state index in [1.165, 1.54) is 19.3 Å². The molecule has 2 amide bonds. The van der Waals surface area contributed by atoms with Crippen molar-refractivity contribution < 1.29 is 14.3 Å². The highest BCUT2D eigenvalue weighted by Gasteiger charge is 2.29. The van der Waals surface area contributed by atoms with E-state index in [0.717, 1.165) is 43.2 Å². The number of hydrogen-bond donors (Lipinski definition) is 1. The molecular formula is C20H27BrN2O3. The first-order valence-electron chi connectivity index (χ1n) is 9.51. The van der Waals surface area contributed by atoms with Gasteiger partial charge in [0.1, 0.15) is 5.75 Å². The summed E-state index contributed by atoms with van der Waals surface area (Å²) in [6, 6.07) is 5.50. The van der Waals surface area contributed by atoms with E-state index < -0.39 is 0 Å². The Morgan fingerprint density at radius 2 is 1.81 bits per heavy atom. The Morgan fingerprint density at radius 1 is 1.12 bits per heavy atom. The van der Waals surface area contributed by atoms with E-state index in [4.69, 9.17) is 4.74 Å². The van der Waals surface area contributed by atoms with Gasteiger partial charge in [0.05, 0.1) is 12.7 Å². The molecule has 1 aliphatic heterocycles. The monoisotopic (exact) mass is 422 g/mol. The molecule has 1 aliphatic carbocycles. The zero-order chi connectivity index (χ0) is 18.5. The van der Waals surface area contributed by atoms with E-state index in [-0.39, 0.29) is 17.9 Å². The fourth-order valence-corrected chi connectivity index (χ4v) is 4.31. The average Bonchev–Trinajstić information content (AvgIpc) is 2.68. The number of likely N-dealkylation sites (tertiary alicyclic amines) is 1. The Balaban J connectivity index is 1.52. The molecule has 1 heterocycles. The van der Waals surface area contributed by atoms with Gasteiger partial charge in [0.25, 0.3) is 5.91 Å². The molecule has 0 bridgehead atoms. The minimum atomic E-state index is -0.119. The van der Waals surface area contributed by atoms with Crippen molar-refractivity contribution in [2.75, 3.05) is 20.2 Å². The summed E-state index contributed by atoms with van der Waals surface area (Å²) in [7, 11) is 1.56. The molecule has 1 aromatic carbocycles. The third-order valence-corrected chi connectivity index (χ3v) is 6.00. The van der Waals surface area contributed by atoms with Crippen molar-refractivity contribution in [3.8, 4) is 5.75 Å². The number of methoxy groups -OCH3 is 1. The summed E-state index contributed by atoms with van der Waals surface area (Å²) in [4.78, 5) is 27.2. The molecule has 1 N–H and O–H groups in total. The van der Waals surface area contributed by atoms with Crippen molar-refractivity contribution in [1.29, 1.82) is 0 Å². The number of amides is 2. The predicted octanol–water partition coefficient (Wildman–Crippen LogP) is 3.76.